The van der Waals surface area contributed by atoms with Crippen molar-refractivity contribution in [2.45, 2.75) is 109 Å². The third-order valence-corrected chi connectivity index (χ3v) is 9.95. The maximum Gasteiger partial charge on any atom is 0.414 e. The maximum atomic E-state index is 12.6. The lowest BCUT2D eigenvalue weighted by Gasteiger charge is -2.61. The van der Waals surface area contributed by atoms with E-state index in [9.17, 15) is 23.4 Å². The zero-order valence-electron chi connectivity index (χ0n) is 18.7. The van der Waals surface area contributed by atoms with Crippen molar-refractivity contribution in [2.24, 2.45) is 34.5 Å². The van der Waals surface area contributed by atoms with Gasteiger partial charge in [-0.15, -0.1) is 0 Å². The van der Waals surface area contributed by atoms with E-state index in [0.29, 0.717) is 29.1 Å². The minimum Gasteiger partial charge on any atom is -0.390 e. The first kappa shape index (κ1) is 22.8. The molecule has 0 aliphatic heterocycles. The second-order valence-electron chi connectivity index (χ2n) is 11.7. The van der Waals surface area contributed by atoms with E-state index in [4.69, 9.17) is 4.74 Å². The van der Waals surface area contributed by atoms with Gasteiger partial charge in [-0.2, -0.15) is 13.2 Å². The second kappa shape index (κ2) is 7.62. The summed E-state index contributed by atoms with van der Waals surface area (Å²) in [5.41, 5.74) is -0.177. The molecule has 0 spiro atoms. The summed E-state index contributed by atoms with van der Waals surface area (Å²) in [5.74, 6) is 2.54. The Morgan fingerprint density at radius 1 is 0.933 bits per heavy atom. The summed E-state index contributed by atoms with van der Waals surface area (Å²) in [6.45, 7) is 6.72. The van der Waals surface area contributed by atoms with Gasteiger partial charge in [-0.3, -0.25) is 0 Å². The molecule has 9 unspecified atom stereocenters. The Labute approximate surface area is 178 Å². The monoisotopic (exact) mass is 432 g/mol. The average Bonchev–Trinajstić information content (AvgIpc) is 2.98. The largest absolute Gasteiger partial charge is 0.414 e. The van der Waals surface area contributed by atoms with Crippen LogP contribution in [0.2, 0.25) is 0 Å². The Hall–Kier alpha value is -0.330. The Kier molecular flexibility index (Phi) is 5.80. The third-order valence-electron chi connectivity index (χ3n) is 9.95. The molecule has 0 radical (unpaired) electrons. The highest BCUT2D eigenvalue weighted by Crippen LogP contribution is 2.67. The van der Waals surface area contributed by atoms with Crippen LogP contribution in [0.3, 0.4) is 0 Å². The number of rotatable bonds is 4. The van der Waals surface area contributed by atoms with Gasteiger partial charge in [0.2, 0.25) is 0 Å². The zero-order chi connectivity index (χ0) is 21.9. The molecule has 0 heterocycles. The molecule has 3 nitrogen and oxygen atoms in total. The first-order chi connectivity index (χ1) is 13.9. The van der Waals surface area contributed by atoms with Gasteiger partial charge in [0.1, 0.15) is 0 Å². The summed E-state index contributed by atoms with van der Waals surface area (Å²) >= 11 is 0. The van der Waals surface area contributed by atoms with Crippen molar-refractivity contribution in [1.29, 1.82) is 0 Å². The van der Waals surface area contributed by atoms with E-state index in [1.54, 1.807) is 0 Å². The SMILES string of the molecule is CC1(O)CCC2(C)C(CCC3C2CCC2(C)C(OCCC(O)C(F)(F)F)CCC32)C1. The van der Waals surface area contributed by atoms with E-state index in [2.05, 4.69) is 13.8 Å². The van der Waals surface area contributed by atoms with Crippen LogP contribution in [-0.4, -0.2) is 40.8 Å². The van der Waals surface area contributed by atoms with E-state index >= 15 is 0 Å². The van der Waals surface area contributed by atoms with E-state index in [0.717, 1.165) is 44.9 Å². The number of ether oxygens (including phenoxy) is 1. The molecule has 4 aliphatic carbocycles. The Balaban J connectivity index is 1.42. The Bertz CT molecular complexity index is 636. The second-order valence-corrected chi connectivity index (χ2v) is 11.7. The predicted octanol–water partition coefficient (Wildman–Crippen LogP) is 5.48. The number of aliphatic hydroxyl groups excluding tert-OH is 1. The molecular formula is C24H39F3O3. The van der Waals surface area contributed by atoms with Crippen molar-refractivity contribution in [3.8, 4) is 0 Å². The fourth-order valence-electron chi connectivity index (χ4n) is 8.14. The quantitative estimate of drug-likeness (QED) is 0.619. The van der Waals surface area contributed by atoms with E-state index < -0.39 is 17.9 Å². The van der Waals surface area contributed by atoms with Gasteiger partial charge in [-0.05, 0) is 99.2 Å². The van der Waals surface area contributed by atoms with Crippen molar-refractivity contribution in [3.63, 3.8) is 0 Å². The molecule has 4 rings (SSSR count). The summed E-state index contributed by atoms with van der Waals surface area (Å²) in [4.78, 5) is 0. The summed E-state index contributed by atoms with van der Waals surface area (Å²) in [6.07, 6.45) is 2.31. The fraction of sp³-hybridized carbons (Fsp3) is 1.00. The zero-order valence-corrected chi connectivity index (χ0v) is 18.7. The Morgan fingerprint density at radius 3 is 2.33 bits per heavy atom. The van der Waals surface area contributed by atoms with Crippen LogP contribution in [0, 0.1) is 34.5 Å². The number of alkyl halides is 3. The van der Waals surface area contributed by atoms with Gasteiger partial charge in [0.05, 0.1) is 11.7 Å². The first-order valence-electron chi connectivity index (χ1n) is 12.0. The topological polar surface area (TPSA) is 49.7 Å². The summed E-state index contributed by atoms with van der Waals surface area (Å²) in [5, 5.41) is 19.9. The molecule has 4 aliphatic rings. The number of halogens is 3. The molecule has 9 atom stereocenters. The lowest BCUT2D eigenvalue weighted by Crippen LogP contribution is -2.56. The number of aliphatic hydroxyl groups is 2. The maximum absolute atomic E-state index is 12.6. The molecule has 0 bridgehead atoms. The average molecular weight is 433 g/mol. The van der Waals surface area contributed by atoms with Crippen molar-refractivity contribution < 1.29 is 28.1 Å². The number of hydrogen-bond acceptors (Lipinski definition) is 3. The summed E-state index contributed by atoms with van der Waals surface area (Å²) < 4.78 is 43.7. The highest BCUT2D eigenvalue weighted by Gasteiger charge is 2.61. The standard InChI is InChI=1S/C24H39F3O3/c1-21(29)11-12-22(2)15(14-21)4-5-16-17-6-7-20(23(17,3)10-8-18(16)22)30-13-9-19(28)24(25,26)27/h15-20,28-29H,4-14H2,1-3H3. The van der Waals surface area contributed by atoms with Gasteiger partial charge >= 0.3 is 6.18 Å². The van der Waals surface area contributed by atoms with Crippen LogP contribution >= 0.6 is 0 Å². The van der Waals surface area contributed by atoms with Gasteiger partial charge in [0.15, 0.2) is 6.10 Å². The molecule has 30 heavy (non-hydrogen) atoms. The predicted molar refractivity (Wildman–Crippen MR) is 109 cm³/mol. The van der Waals surface area contributed by atoms with Crippen molar-refractivity contribution in [2.75, 3.05) is 6.61 Å². The molecule has 0 aromatic rings. The molecule has 0 aromatic carbocycles. The molecule has 0 amide bonds. The van der Waals surface area contributed by atoms with Gasteiger partial charge in [0, 0.05) is 13.0 Å². The smallest absolute Gasteiger partial charge is 0.390 e. The van der Waals surface area contributed by atoms with Crippen LogP contribution < -0.4 is 0 Å². The van der Waals surface area contributed by atoms with Gasteiger partial charge < -0.3 is 14.9 Å². The van der Waals surface area contributed by atoms with Crippen molar-refractivity contribution in [3.05, 3.63) is 0 Å². The molecule has 0 saturated heterocycles. The molecule has 0 aromatic heterocycles. The summed E-state index contributed by atoms with van der Waals surface area (Å²) in [7, 11) is 0. The third kappa shape index (κ3) is 3.83. The van der Waals surface area contributed by atoms with Gasteiger partial charge in [-0.1, -0.05) is 13.8 Å². The molecule has 2 N–H and O–H groups in total. The van der Waals surface area contributed by atoms with Crippen LogP contribution in [0.5, 0.6) is 0 Å². The van der Waals surface area contributed by atoms with Crippen LogP contribution in [0.25, 0.3) is 0 Å². The lowest BCUT2D eigenvalue weighted by atomic mass is 9.44. The van der Waals surface area contributed by atoms with Crippen molar-refractivity contribution in [1.82, 2.24) is 0 Å². The Morgan fingerprint density at radius 2 is 1.63 bits per heavy atom. The van der Waals surface area contributed by atoms with E-state index in [-0.39, 0.29) is 24.5 Å². The van der Waals surface area contributed by atoms with E-state index in [1.165, 1.54) is 12.8 Å². The molecule has 174 valence electrons. The number of hydrogen-bond donors (Lipinski definition) is 2. The lowest BCUT2D eigenvalue weighted by molar-refractivity contribution is -0.210. The molecular weight excluding hydrogens is 393 g/mol. The van der Waals surface area contributed by atoms with Crippen LogP contribution in [-0.2, 0) is 4.74 Å². The highest BCUT2D eigenvalue weighted by atomic mass is 19.4. The number of fused-ring (bicyclic) bond motifs is 5. The highest BCUT2D eigenvalue weighted by molar-refractivity contribution is 5.10. The molecule has 4 saturated carbocycles. The minimum atomic E-state index is -4.57. The van der Waals surface area contributed by atoms with Crippen LogP contribution in [0.15, 0.2) is 0 Å². The van der Waals surface area contributed by atoms with Crippen LogP contribution in [0.1, 0.15) is 85.0 Å². The first-order valence-corrected chi connectivity index (χ1v) is 12.0. The van der Waals surface area contributed by atoms with E-state index in [1.807, 2.05) is 6.92 Å². The minimum absolute atomic E-state index is 0.00139. The van der Waals surface area contributed by atoms with Gasteiger partial charge in [0.25, 0.3) is 0 Å². The molecule has 4 fully saturated rings. The summed E-state index contributed by atoms with van der Waals surface area (Å²) in [6, 6.07) is 0. The fourth-order valence-corrected chi connectivity index (χ4v) is 8.14. The molecule has 6 heteroatoms. The van der Waals surface area contributed by atoms with Crippen LogP contribution in [0.4, 0.5) is 13.2 Å². The van der Waals surface area contributed by atoms with Crippen molar-refractivity contribution >= 4 is 0 Å². The normalized spacial score (nSPS) is 49.8. The van der Waals surface area contributed by atoms with Gasteiger partial charge in [-0.25, -0.2) is 0 Å².